The summed E-state index contributed by atoms with van der Waals surface area (Å²) in [6.07, 6.45) is 0. The fourth-order valence-corrected chi connectivity index (χ4v) is 1.37. The number of rotatable bonds is 2. The maximum atomic E-state index is 10.9. The average molecular weight is 237 g/mol. The Kier molecular flexibility index (Phi) is 3.50. The lowest BCUT2D eigenvalue weighted by atomic mass is 9.87. The van der Waals surface area contributed by atoms with E-state index in [1.54, 1.807) is 6.07 Å². The summed E-state index contributed by atoms with van der Waals surface area (Å²) in [7, 11) is 0. The Morgan fingerprint density at radius 1 is 1.35 bits per heavy atom. The molecule has 1 aromatic carbocycles. The monoisotopic (exact) mass is 237 g/mol. The number of nitro groups is 1. The van der Waals surface area contributed by atoms with E-state index in [1.165, 1.54) is 19.1 Å². The molecule has 17 heavy (non-hydrogen) atoms. The highest BCUT2D eigenvalue weighted by Crippen LogP contribution is 2.32. The molecule has 0 aliphatic rings. The topological polar surface area (TPSA) is 69.4 Å². The van der Waals surface area contributed by atoms with Crippen LogP contribution < -0.4 is 4.74 Å². The fourth-order valence-electron chi connectivity index (χ4n) is 1.37. The molecule has 0 radical (unpaired) electrons. The Bertz CT molecular complexity index is 460. The molecular weight excluding hydrogens is 222 g/mol. The quantitative estimate of drug-likeness (QED) is 0.343. The van der Waals surface area contributed by atoms with Crippen LogP contribution in [0.4, 0.5) is 5.69 Å². The Morgan fingerprint density at radius 2 is 1.94 bits per heavy atom. The van der Waals surface area contributed by atoms with Crippen molar-refractivity contribution in [3.63, 3.8) is 0 Å². The van der Waals surface area contributed by atoms with Crippen LogP contribution in [0.25, 0.3) is 0 Å². The van der Waals surface area contributed by atoms with Crippen molar-refractivity contribution in [1.29, 1.82) is 0 Å². The van der Waals surface area contributed by atoms with Gasteiger partial charge in [0.25, 0.3) is 0 Å². The molecule has 5 heteroatoms. The number of ether oxygens (including phenoxy) is 1. The minimum atomic E-state index is -0.573. The number of hydrogen-bond acceptors (Lipinski definition) is 4. The summed E-state index contributed by atoms with van der Waals surface area (Å²) < 4.78 is 4.79. The zero-order valence-electron chi connectivity index (χ0n) is 10.3. The fraction of sp³-hybridized carbons (Fsp3) is 0.417. The molecule has 0 heterocycles. The highest BCUT2D eigenvalue weighted by molar-refractivity contribution is 5.71. The first kappa shape index (κ1) is 13.2. The number of benzene rings is 1. The van der Waals surface area contributed by atoms with Crippen molar-refractivity contribution >= 4 is 11.7 Å². The number of esters is 1. The molecule has 0 fully saturated rings. The zero-order chi connectivity index (χ0) is 13.2. The molecule has 0 aliphatic heterocycles. The van der Waals surface area contributed by atoms with E-state index in [4.69, 9.17) is 4.74 Å². The van der Waals surface area contributed by atoms with E-state index in [0.29, 0.717) is 0 Å². The van der Waals surface area contributed by atoms with E-state index >= 15 is 0 Å². The summed E-state index contributed by atoms with van der Waals surface area (Å²) in [6, 6.07) is 4.63. The van der Waals surface area contributed by atoms with Gasteiger partial charge < -0.3 is 4.74 Å². The van der Waals surface area contributed by atoms with Gasteiger partial charge in [-0.1, -0.05) is 26.8 Å². The van der Waals surface area contributed by atoms with Crippen molar-refractivity contribution in [2.24, 2.45) is 0 Å². The third-order valence-electron chi connectivity index (χ3n) is 2.28. The Balaban J connectivity index is 3.27. The van der Waals surface area contributed by atoms with Crippen LogP contribution in [-0.2, 0) is 10.2 Å². The van der Waals surface area contributed by atoms with Crippen molar-refractivity contribution in [2.75, 3.05) is 0 Å². The molecule has 0 N–H and O–H groups in total. The van der Waals surface area contributed by atoms with Crippen molar-refractivity contribution < 1.29 is 14.5 Å². The molecule has 0 amide bonds. The summed E-state index contributed by atoms with van der Waals surface area (Å²) >= 11 is 0. The standard InChI is InChI=1S/C12H15NO4/c1-8(14)17-11-6-5-9(12(2,3)4)7-10(11)13(15)16/h5-7H,1-4H3. The summed E-state index contributed by atoms with van der Waals surface area (Å²) in [5.41, 5.74) is 0.437. The molecule has 1 aromatic rings. The normalized spacial score (nSPS) is 11.1. The zero-order valence-corrected chi connectivity index (χ0v) is 10.3. The van der Waals surface area contributed by atoms with E-state index in [-0.39, 0.29) is 16.9 Å². The summed E-state index contributed by atoms with van der Waals surface area (Å²) in [4.78, 5) is 21.2. The molecule has 0 spiro atoms. The molecule has 0 bridgehead atoms. The van der Waals surface area contributed by atoms with Gasteiger partial charge in [0.15, 0.2) is 0 Å². The van der Waals surface area contributed by atoms with Gasteiger partial charge in [0, 0.05) is 13.0 Å². The van der Waals surface area contributed by atoms with E-state index in [9.17, 15) is 14.9 Å². The second-order valence-corrected chi connectivity index (χ2v) is 4.78. The second kappa shape index (κ2) is 4.53. The van der Waals surface area contributed by atoms with Gasteiger partial charge in [0.2, 0.25) is 5.75 Å². The third-order valence-corrected chi connectivity index (χ3v) is 2.28. The molecule has 5 nitrogen and oxygen atoms in total. The van der Waals surface area contributed by atoms with Gasteiger partial charge in [-0.2, -0.15) is 0 Å². The number of carbonyl (C=O) groups is 1. The van der Waals surface area contributed by atoms with Gasteiger partial charge in [-0.05, 0) is 17.0 Å². The highest BCUT2D eigenvalue weighted by atomic mass is 16.6. The van der Waals surface area contributed by atoms with Crippen LogP contribution in [0.15, 0.2) is 18.2 Å². The van der Waals surface area contributed by atoms with E-state index < -0.39 is 10.9 Å². The molecule has 0 unspecified atom stereocenters. The number of hydrogen-bond donors (Lipinski definition) is 0. The summed E-state index contributed by atoms with van der Waals surface area (Å²) in [6.45, 7) is 7.08. The summed E-state index contributed by atoms with van der Waals surface area (Å²) in [5.74, 6) is -0.591. The molecule has 92 valence electrons. The van der Waals surface area contributed by atoms with Gasteiger partial charge in [0.1, 0.15) is 0 Å². The minimum absolute atomic E-state index is 0.0181. The first-order valence-corrected chi connectivity index (χ1v) is 5.19. The Hall–Kier alpha value is -1.91. The predicted molar refractivity (Wildman–Crippen MR) is 63.1 cm³/mol. The molecule has 0 aromatic heterocycles. The lowest BCUT2D eigenvalue weighted by Gasteiger charge is -2.18. The smallest absolute Gasteiger partial charge is 0.311 e. The van der Waals surface area contributed by atoms with Crippen LogP contribution >= 0.6 is 0 Å². The van der Waals surface area contributed by atoms with Crippen LogP contribution in [0, 0.1) is 10.1 Å². The van der Waals surface area contributed by atoms with Gasteiger partial charge in [-0.25, -0.2) is 0 Å². The van der Waals surface area contributed by atoms with E-state index in [0.717, 1.165) is 5.56 Å². The largest absolute Gasteiger partial charge is 0.419 e. The van der Waals surface area contributed by atoms with Crippen LogP contribution in [0.1, 0.15) is 33.3 Å². The van der Waals surface area contributed by atoms with Crippen molar-refractivity contribution in [3.05, 3.63) is 33.9 Å². The van der Waals surface area contributed by atoms with E-state index in [2.05, 4.69) is 0 Å². The highest BCUT2D eigenvalue weighted by Gasteiger charge is 2.22. The molecule has 0 atom stereocenters. The van der Waals surface area contributed by atoms with Crippen LogP contribution in [-0.4, -0.2) is 10.9 Å². The number of carbonyl (C=O) groups excluding carboxylic acids is 1. The molecule has 0 saturated carbocycles. The van der Waals surface area contributed by atoms with Gasteiger partial charge in [0.05, 0.1) is 4.92 Å². The van der Waals surface area contributed by atoms with Crippen LogP contribution in [0.5, 0.6) is 5.75 Å². The maximum Gasteiger partial charge on any atom is 0.311 e. The summed E-state index contributed by atoms with van der Waals surface area (Å²) in [5, 5.41) is 10.9. The maximum absolute atomic E-state index is 10.9. The number of nitro benzene ring substituents is 1. The van der Waals surface area contributed by atoms with Crippen LogP contribution in [0.3, 0.4) is 0 Å². The Morgan fingerprint density at radius 3 is 2.35 bits per heavy atom. The third kappa shape index (κ3) is 3.27. The van der Waals surface area contributed by atoms with Crippen LogP contribution in [0.2, 0.25) is 0 Å². The molecule has 0 aliphatic carbocycles. The van der Waals surface area contributed by atoms with Gasteiger partial charge >= 0.3 is 11.7 Å². The Labute approximate surface area is 99.5 Å². The first-order chi connectivity index (χ1) is 7.71. The molecular formula is C12H15NO4. The van der Waals surface area contributed by atoms with Crippen molar-refractivity contribution in [1.82, 2.24) is 0 Å². The van der Waals surface area contributed by atoms with Gasteiger partial charge in [-0.15, -0.1) is 0 Å². The van der Waals surface area contributed by atoms with Crippen molar-refractivity contribution in [3.8, 4) is 5.75 Å². The predicted octanol–water partition coefficient (Wildman–Crippen LogP) is 2.82. The van der Waals surface area contributed by atoms with Crippen molar-refractivity contribution in [2.45, 2.75) is 33.1 Å². The SMILES string of the molecule is CC(=O)Oc1ccc(C(C)(C)C)cc1[N+](=O)[O-]. The van der Waals surface area contributed by atoms with Gasteiger partial charge in [-0.3, -0.25) is 14.9 Å². The second-order valence-electron chi connectivity index (χ2n) is 4.78. The first-order valence-electron chi connectivity index (χ1n) is 5.19. The number of nitrogens with zero attached hydrogens (tertiary/aromatic N) is 1. The molecule has 0 saturated heterocycles. The minimum Gasteiger partial charge on any atom is -0.419 e. The average Bonchev–Trinajstić information content (AvgIpc) is 2.15. The molecule has 1 rings (SSSR count). The van der Waals surface area contributed by atoms with E-state index in [1.807, 2.05) is 20.8 Å². The lowest BCUT2D eigenvalue weighted by Crippen LogP contribution is -2.12. The lowest BCUT2D eigenvalue weighted by molar-refractivity contribution is -0.385.